The second-order valence-corrected chi connectivity index (χ2v) is 9.64. The maximum atomic E-state index is 13.7. The molecule has 5 nitrogen and oxygen atoms in total. The van der Waals surface area contributed by atoms with Crippen molar-refractivity contribution in [2.24, 2.45) is 5.92 Å². The summed E-state index contributed by atoms with van der Waals surface area (Å²) in [6.45, 7) is 3.81. The van der Waals surface area contributed by atoms with Crippen LogP contribution in [0.1, 0.15) is 50.5 Å². The molecule has 3 fully saturated rings. The van der Waals surface area contributed by atoms with Gasteiger partial charge in [-0.05, 0) is 49.3 Å². The summed E-state index contributed by atoms with van der Waals surface area (Å²) in [6.07, 6.45) is 7.05. The zero-order valence-electron chi connectivity index (χ0n) is 17.1. The third-order valence-corrected chi connectivity index (χ3v) is 7.54. The van der Waals surface area contributed by atoms with Crippen molar-refractivity contribution in [1.82, 2.24) is 9.80 Å². The van der Waals surface area contributed by atoms with Gasteiger partial charge in [-0.15, -0.1) is 0 Å². The second-order valence-electron chi connectivity index (χ2n) is 8.73. The molecule has 1 aromatic carbocycles. The lowest BCUT2D eigenvalue weighted by Gasteiger charge is -2.43. The minimum Gasteiger partial charge on any atom is -0.381 e. The Morgan fingerprint density at radius 3 is 2.17 bits per heavy atom. The van der Waals surface area contributed by atoms with Gasteiger partial charge in [0, 0.05) is 50.3 Å². The molecule has 2 saturated heterocycles. The highest BCUT2D eigenvalue weighted by Gasteiger charge is 2.44. The Kier molecular flexibility index (Phi) is 6.60. The van der Waals surface area contributed by atoms with Crippen molar-refractivity contribution in [1.29, 1.82) is 0 Å². The van der Waals surface area contributed by atoms with Crippen molar-refractivity contribution in [3.05, 3.63) is 34.3 Å². The van der Waals surface area contributed by atoms with Gasteiger partial charge in [0.15, 0.2) is 0 Å². The molecule has 0 radical (unpaired) electrons. The Labute approximate surface area is 181 Å². The van der Waals surface area contributed by atoms with Gasteiger partial charge >= 0.3 is 0 Å². The van der Waals surface area contributed by atoms with Gasteiger partial charge in [-0.3, -0.25) is 9.59 Å². The van der Waals surface area contributed by atoms with Gasteiger partial charge in [0.25, 0.3) is 0 Å². The number of nitrogens with zero attached hydrogens (tertiary/aromatic N) is 2. The molecule has 158 valence electrons. The fourth-order valence-electron chi connectivity index (χ4n) is 5.17. The number of carbonyl (C=O) groups excluding carboxylic acids is 2. The van der Waals surface area contributed by atoms with E-state index in [1.54, 1.807) is 0 Å². The van der Waals surface area contributed by atoms with E-state index in [1.165, 1.54) is 25.7 Å². The first-order valence-electron chi connectivity index (χ1n) is 11.0. The van der Waals surface area contributed by atoms with Crippen LogP contribution in [-0.2, 0) is 19.7 Å². The Balaban J connectivity index is 1.41. The zero-order valence-corrected chi connectivity index (χ0v) is 18.7. The van der Waals surface area contributed by atoms with E-state index in [2.05, 4.69) is 28.1 Å². The van der Waals surface area contributed by atoms with Crippen LogP contribution in [0.25, 0.3) is 0 Å². The first-order chi connectivity index (χ1) is 14.1. The largest absolute Gasteiger partial charge is 0.381 e. The highest BCUT2D eigenvalue weighted by molar-refractivity contribution is 9.10. The number of piperazine rings is 1. The van der Waals surface area contributed by atoms with Gasteiger partial charge in [-0.1, -0.05) is 40.9 Å². The maximum Gasteiger partial charge on any atom is 0.233 e. The highest BCUT2D eigenvalue weighted by atomic mass is 79.9. The number of carbonyl (C=O) groups is 2. The summed E-state index contributed by atoms with van der Waals surface area (Å²) >= 11 is 3.49. The molecule has 2 amide bonds. The number of rotatable bonds is 4. The highest BCUT2D eigenvalue weighted by Crippen LogP contribution is 2.37. The van der Waals surface area contributed by atoms with Crippen molar-refractivity contribution >= 4 is 27.7 Å². The lowest BCUT2D eigenvalue weighted by molar-refractivity contribution is -0.146. The summed E-state index contributed by atoms with van der Waals surface area (Å²) in [5.74, 6) is 1.05. The Morgan fingerprint density at radius 2 is 1.55 bits per heavy atom. The van der Waals surface area contributed by atoms with Gasteiger partial charge in [-0.2, -0.15) is 0 Å². The summed E-state index contributed by atoms with van der Waals surface area (Å²) in [7, 11) is 0. The van der Waals surface area contributed by atoms with E-state index in [4.69, 9.17) is 4.74 Å². The predicted molar refractivity (Wildman–Crippen MR) is 116 cm³/mol. The third kappa shape index (κ3) is 4.53. The average molecular weight is 463 g/mol. The number of hydrogen-bond acceptors (Lipinski definition) is 3. The molecule has 1 aliphatic carbocycles. The fourth-order valence-corrected chi connectivity index (χ4v) is 5.43. The van der Waals surface area contributed by atoms with E-state index in [9.17, 15) is 9.59 Å². The molecule has 0 aromatic heterocycles. The zero-order chi connectivity index (χ0) is 20.3. The van der Waals surface area contributed by atoms with E-state index in [1.807, 2.05) is 21.9 Å². The van der Waals surface area contributed by atoms with Gasteiger partial charge in [0.2, 0.25) is 11.8 Å². The molecule has 0 spiro atoms. The molecule has 0 atom stereocenters. The van der Waals surface area contributed by atoms with E-state index >= 15 is 0 Å². The Morgan fingerprint density at radius 1 is 0.966 bits per heavy atom. The maximum absolute atomic E-state index is 13.7. The number of ether oxygens (including phenoxy) is 1. The van der Waals surface area contributed by atoms with Crippen molar-refractivity contribution in [2.75, 3.05) is 39.4 Å². The minimum atomic E-state index is -0.505. The van der Waals surface area contributed by atoms with Crippen LogP contribution in [0.5, 0.6) is 0 Å². The van der Waals surface area contributed by atoms with Crippen LogP contribution < -0.4 is 0 Å². The van der Waals surface area contributed by atoms with Crippen molar-refractivity contribution < 1.29 is 14.3 Å². The lowest BCUT2D eigenvalue weighted by Crippen LogP contribution is -2.56. The summed E-state index contributed by atoms with van der Waals surface area (Å²) in [4.78, 5) is 30.3. The minimum absolute atomic E-state index is 0.200. The van der Waals surface area contributed by atoms with E-state index < -0.39 is 5.41 Å². The topological polar surface area (TPSA) is 49.9 Å². The summed E-state index contributed by atoms with van der Waals surface area (Å²) in [5, 5.41) is 0. The van der Waals surface area contributed by atoms with Gasteiger partial charge in [0.1, 0.15) is 0 Å². The Bertz CT molecular complexity index is 716. The number of amides is 2. The van der Waals surface area contributed by atoms with Crippen molar-refractivity contribution in [3.8, 4) is 0 Å². The van der Waals surface area contributed by atoms with E-state index in [0.717, 1.165) is 10.0 Å². The second kappa shape index (κ2) is 9.17. The SMILES string of the molecule is O=C(CC1CCCC1)N1CCN(C(=O)C2(c3ccc(Br)cc3)CCOCC2)CC1. The molecule has 0 N–H and O–H groups in total. The van der Waals surface area contributed by atoms with Gasteiger partial charge in [-0.25, -0.2) is 0 Å². The molecule has 3 aliphatic rings. The van der Waals surface area contributed by atoms with Crippen molar-refractivity contribution in [2.45, 2.75) is 50.4 Å². The van der Waals surface area contributed by atoms with Gasteiger partial charge < -0.3 is 14.5 Å². The molecule has 6 heteroatoms. The molecular weight excluding hydrogens is 432 g/mol. The average Bonchev–Trinajstić information content (AvgIpc) is 3.27. The van der Waals surface area contributed by atoms with Crippen LogP contribution in [0, 0.1) is 5.92 Å². The van der Waals surface area contributed by atoms with Crippen LogP contribution in [0.3, 0.4) is 0 Å². The van der Waals surface area contributed by atoms with Crippen LogP contribution >= 0.6 is 15.9 Å². The molecule has 4 rings (SSSR count). The predicted octanol–water partition coefficient (Wildman–Crippen LogP) is 3.75. The summed E-state index contributed by atoms with van der Waals surface area (Å²) in [5.41, 5.74) is 0.573. The fraction of sp³-hybridized carbons (Fsp3) is 0.652. The molecular formula is C23H31BrN2O3. The van der Waals surface area contributed by atoms with Crippen molar-refractivity contribution in [3.63, 3.8) is 0 Å². The summed E-state index contributed by atoms with van der Waals surface area (Å²) in [6, 6.07) is 8.16. The molecule has 1 aromatic rings. The van der Waals surface area contributed by atoms with Crippen LogP contribution in [0.15, 0.2) is 28.7 Å². The van der Waals surface area contributed by atoms with E-state index in [-0.39, 0.29) is 11.8 Å². The van der Waals surface area contributed by atoms with Gasteiger partial charge in [0.05, 0.1) is 5.41 Å². The molecule has 1 saturated carbocycles. The first kappa shape index (κ1) is 20.9. The first-order valence-corrected chi connectivity index (χ1v) is 11.8. The molecule has 0 unspecified atom stereocenters. The number of benzene rings is 1. The number of hydrogen-bond donors (Lipinski definition) is 0. The normalized spacial score (nSPS) is 22.7. The number of halogens is 1. The smallest absolute Gasteiger partial charge is 0.233 e. The van der Waals surface area contributed by atoms with Crippen LogP contribution in [0.2, 0.25) is 0 Å². The third-order valence-electron chi connectivity index (χ3n) is 7.01. The lowest BCUT2D eigenvalue weighted by atomic mass is 9.73. The molecule has 2 heterocycles. The standard InChI is InChI=1S/C23H31BrN2O3/c24-20-7-5-19(6-8-20)23(9-15-29-16-10-23)22(28)26-13-11-25(12-14-26)21(27)17-18-3-1-2-4-18/h5-8,18H,1-4,9-17H2. The van der Waals surface area contributed by atoms with E-state index in [0.29, 0.717) is 64.6 Å². The summed E-state index contributed by atoms with van der Waals surface area (Å²) < 4.78 is 6.61. The molecule has 2 aliphatic heterocycles. The Hall–Kier alpha value is -1.40. The monoisotopic (exact) mass is 462 g/mol. The molecule has 0 bridgehead atoms. The quantitative estimate of drug-likeness (QED) is 0.684. The van der Waals surface area contributed by atoms with Crippen LogP contribution in [-0.4, -0.2) is 61.0 Å². The molecule has 29 heavy (non-hydrogen) atoms. The van der Waals surface area contributed by atoms with Crippen LogP contribution in [0.4, 0.5) is 0 Å².